The summed E-state index contributed by atoms with van der Waals surface area (Å²) in [4.78, 5) is 0. The summed E-state index contributed by atoms with van der Waals surface area (Å²) in [5, 5.41) is 17.5. The first-order chi connectivity index (χ1) is 8.78. The van der Waals surface area contributed by atoms with Crippen molar-refractivity contribution in [1.82, 2.24) is 4.72 Å². The highest BCUT2D eigenvalue weighted by atomic mass is 32.2. The fraction of sp³-hybridized carbons (Fsp3) is 0.462. The van der Waals surface area contributed by atoms with Crippen LogP contribution in [0.2, 0.25) is 0 Å². The predicted molar refractivity (Wildman–Crippen MR) is 72.7 cm³/mol. The molecule has 0 unspecified atom stereocenters. The first kappa shape index (κ1) is 15.6. The first-order valence-electron chi connectivity index (χ1n) is 5.89. The fourth-order valence-electron chi connectivity index (χ4n) is 1.68. The van der Waals surface area contributed by atoms with Crippen LogP contribution in [0, 0.1) is 11.3 Å². The second-order valence-corrected chi connectivity index (χ2v) is 6.75. The molecule has 6 heteroatoms. The largest absolute Gasteiger partial charge is 0.396 e. The average Bonchev–Trinajstić information content (AvgIpc) is 2.27. The number of rotatable bonds is 6. The third kappa shape index (κ3) is 5.39. The van der Waals surface area contributed by atoms with Crippen molar-refractivity contribution in [3.63, 3.8) is 0 Å². The van der Waals surface area contributed by atoms with Crippen molar-refractivity contribution in [3.8, 4) is 6.07 Å². The first-order valence-corrected chi connectivity index (χ1v) is 7.55. The van der Waals surface area contributed by atoms with Gasteiger partial charge in [-0.2, -0.15) is 5.26 Å². The van der Waals surface area contributed by atoms with E-state index < -0.39 is 15.6 Å². The number of aliphatic hydroxyl groups excluding tert-OH is 1. The molecule has 0 fully saturated rings. The van der Waals surface area contributed by atoms with Gasteiger partial charge in [-0.05, 0) is 38.0 Å². The molecule has 1 aromatic rings. The van der Waals surface area contributed by atoms with E-state index in [9.17, 15) is 8.42 Å². The van der Waals surface area contributed by atoms with Gasteiger partial charge < -0.3 is 5.11 Å². The van der Waals surface area contributed by atoms with Gasteiger partial charge in [0, 0.05) is 12.1 Å². The molecule has 0 bridgehead atoms. The number of sulfonamides is 1. The lowest BCUT2D eigenvalue weighted by molar-refractivity contribution is 0.245. The number of nitrogens with zero attached hydrogens (tertiary/aromatic N) is 1. The second kappa shape index (κ2) is 6.15. The Bertz CT molecular complexity index is 557. The molecule has 0 spiro atoms. The van der Waals surface area contributed by atoms with E-state index in [1.165, 1.54) is 0 Å². The van der Waals surface area contributed by atoms with Gasteiger partial charge in [0.1, 0.15) is 0 Å². The van der Waals surface area contributed by atoms with Gasteiger partial charge in [0.05, 0.1) is 17.4 Å². The van der Waals surface area contributed by atoms with Crippen LogP contribution >= 0.6 is 0 Å². The molecule has 0 saturated carbocycles. The molecule has 104 valence electrons. The lowest BCUT2D eigenvalue weighted by Crippen LogP contribution is -2.44. The van der Waals surface area contributed by atoms with E-state index in [0.717, 1.165) is 0 Å². The molecule has 2 N–H and O–H groups in total. The minimum absolute atomic E-state index is 0.0770. The standard InChI is InChI=1S/C13H18N2O3S/c1-13(2,7-8-16)15-19(17,18)10-12-5-3-11(9-14)4-6-12/h3-6,15-16H,7-8,10H2,1-2H3. The molecule has 0 amide bonds. The predicted octanol–water partition coefficient (Wildman–Crippen LogP) is 1.14. The normalized spacial score (nSPS) is 12.1. The third-order valence-electron chi connectivity index (χ3n) is 2.61. The Morgan fingerprint density at radius 2 is 1.89 bits per heavy atom. The molecule has 0 aliphatic heterocycles. The van der Waals surface area contributed by atoms with Crippen LogP contribution in [0.1, 0.15) is 31.4 Å². The zero-order chi connectivity index (χ0) is 14.5. The quantitative estimate of drug-likeness (QED) is 0.818. The summed E-state index contributed by atoms with van der Waals surface area (Å²) in [7, 11) is -3.48. The zero-order valence-corrected chi connectivity index (χ0v) is 11.9. The minimum atomic E-state index is -3.48. The van der Waals surface area contributed by atoms with E-state index in [2.05, 4.69) is 4.72 Å². The van der Waals surface area contributed by atoms with E-state index in [4.69, 9.17) is 10.4 Å². The van der Waals surface area contributed by atoms with E-state index in [1.54, 1.807) is 38.1 Å². The SMILES string of the molecule is CC(C)(CCO)NS(=O)(=O)Cc1ccc(C#N)cc1. The topological polar surface area (TPSA) is 90.2 Å². The molecule has 5 nitrogen and oxygen atoms in total. The molecule has 0 saturated heterocycles. The smallest absolute Gasteiger partial charge is 0.216 e. The Hall–Kier alpha value is -1.42. The molecule has 0 atom stereocenters. The monoisotopic (exact) mass is 282 g/mol. The Morgan fingerprint density at radius 1 is 1.32 bits per heavy atom. The van der Waals surface area contributed by atoms with Crippen LogP contribution < -0.4 is 4.72 Å². The third-order valence-corrected chi connectivity index (χ3v) is 4.19. The van der Waals surface area contributed by atoms with Crippen molar-refractivity contribution in [2.75, 3.05) is 6.61 Å². The molecule has 0 heterocycles. The molecule has 0 radical (unpaired) electrons. The van der Waals surface area contributed by atoms with Gasteiger partial charge in [-0.3, -0.25) is 0 Å². The number of nitrogens with one attached hydrogen (secondary N) is 1. The Morgan fingerprint density at radius 3 is 2.37 bits per heavy atom. The van der Waals surface area contributed by atoms with Crippen LogP contribution in [0.25, 0.3) is 0 Å². The van der Waals surface area contributed by atoms with Crippen molar-refractivity contribution >= 4 is 10.0 Å². The number of nitriles is 1. The Labute approximate surface area is 113 Å². The summed E-state index contributed by atoms with van der Waals surface area (Å²) < 4.78 is 26.5. The summed E-state index contributed by atoms with van der Waals surface area (Å²) in [6, 6.07) is 8.40. The van der Waals surface area contributed by atoms with E-state index in [-0.39, 0.29) is 12.4 Å². The van der Waals surface area contributed by atoms with Crippen LogP contribution in [0.15, 0.2) is 24.3 Å². The van der Waals surface area contributed by atoms with Gasteiger partial charge in [-0.1, -0.05) is 12.1 Å². The molecule has 0 aliphatic rings. The maximum atomic E-state index is 12.0. The summed E-state index contributed by atoms with van der Waals surface area (Å²) in [6.07, 6.45) is 0.347. The number of aliphatic hydroxyl groups is 1. The van der Waals surface area contributed by atoms with Crippen molar-refractivity contribution in [1.29, 1.82) is 5.26 Å². The maximum absolute atomic E-state index is 12.0. The zero-order valence-electron chi connectivity index (χ0n) is 11.0. The van der Waals surface area contributed by atoms with E-state index >= 15 is 0 Å². The summed E-state index contributed by atoms with van der Waals surface area (Å²) in [5.41, 5.74) is 0.432. The highest BCUT2D eigenvalue weighted by Gasteiger charge is 2.24. The summed E-state index contributed by atoms with van der Waals surface area (Å²) >= 11 is 0. The van der Waals surface area contributed by atoms with Gasteiger partial charge in [-0.15, -0.1) is 0 Å². The van der Waals surface area contributed by atoms with Crippen LogP contribution in [0.4, 0.5) is 0 Å². The molecule has 0 aliphatic carbocycles. The van der Waals surface area contributed by atoms with Gasteiger partial charge in [0.15, 0.2) is 0 Å². The van der Waals surface area contributed by atoms with Crippen molar-refractivity contribution < 1.29 is 13.5 Å². The van der Waals surface area contributed by atoms with Crippen LogP contribution in [0.5, 0.6) is 0 Å². The molecule has 1 rings (SSSR count). The molecule has 19 heavy (non-hydrogen) atoms. The Kier molecular flexibility index (Phi) is 5.06. The second-order valence-electron chi connectivity index (χ2n) is 5.03. The van der Waals surface area contributed by atoms with E-state index in [0.29, 0.717) is 17.5 Å². The van der Waals surface area contributed by atoms with Crippen LogP contribution in [-0.2, 0) is 15.8 Å². The molecule has 0 aromatic heterocycles. The van der Waals surface area contributed by atoms with Gasteiger partial charge in [0.25, 0.3) is 0 Å². The number of benzene rings is 1. The molecule has 1 aromatic carbocycles. The van der Waals surface area contributed by atoms with E-state index in [1.807, 2.05) is 6.07 Å². The molecular formula is C13H18N2O3S. The van der Waals surface area contributed by atoms with Gasteiger partial charge in [-0.25, -0.2) is 13.1 Å². The Balaban J connectivity index is 2.77. The fourth-order valence-corrected chi connectivity index (χ4v) is 3.33. The van der Waals surface area contributed by atoms with Crippen molar-refractivity contribution in [2.45, 2.75) is 31.6 Å². The lowest BCUT2D eigenvalue weighted by Gasteiger charge is -2.25. The average molecular weight is 282 g/mol. The van der Waals surface area contributed by atoms with Crippen LogP contribution in [-0.4, -0.2) is 25.7 Å². The van der Waals surface area contributed by atoms with Gasteiger partial charge in [0.2, 0.25) is 10.0 Å². The van der Waals surface area contributed by atoms with Crippen molar-refractivity contribution in [2.24, 2.45) is 0 Å². The highest BCUT2D eigenvalue weighted by Crippen LogP contribution is 2.13. The number of hydrogen-bond donors (Lipinski definition) is 2. The van der Waals surface area contributed by atoms with Crippen molar-refractivity contribution in [3.05, 3.63) is 35.4 Å². The minimum Gasteiger partial charge on any atom is -0.396 e. The molecular weight excluding hydrogens is 264 g/mol. The highest BCUT2D eigenvalue weighted by molar-refractivity contribution is 7.88. The maximum Gasteiger partial charge on any atom is 0.216 e. The van der Waals surface area contributed by atoms with Gasteiger partial charge >= 0.3 is 0 Å². The lowest BCUT2D eigenvalue weighted by atomic mass is 10.0. The number of hydrogen-bond acceptors (Lipinski definition) is 4. The van der Waals surface area contributed by atoms with Crippen LogP contribution in [0.3, 0.4) is 0 Å². The summed E-state index contributed by atoms with van der Waals surface area (Å²) in [6.45, 7) is 3.37. The summed E-state index contributed by atoms with van der Waals surface area (Å²) in [5.74, 6) is -0.145.